The highest BCUT2D eigenvalue weighted by atomic mass is 127. The first-order valence-electron chi connectivity index (χ1n) is 8.02. The van der Waals surface area contributed by atoms with Crippen molar-refractivity contribution in [3.05, 3.63) is 62.7 Å². The molecule has 26 heavy (non-hydrogen) atoms. The summed E-state index contributed by atoms with van der Waals surface area (Å²) in [6, 6.07) is 10.4. The van der Waals surface area contributed by atoms with Crippen LogP contribution in [-0.4, -0.2) is 19.3 Å². The highest BCUT2D eigenvalue weighted by Crippen LogP contribution is 2.35. The minimum absolute atomic E-state index is 0.00514. The van der Waals surface area contributed by atoms with Gasteiger partial charge in [0.25, 0.3) is 0 Å². The van der Waals surface area contributed by atoms with Gasteiger partial charge >= 0.3 is 6.18 Å². The third-order valence-electron chi connectivity index (χ3n) is 4.34. The van der Waals surface area contributed by atoms with Crippen molar-refractivity contribution >= 4 is 32.6 Å². The van der Waals surface area contributed by atoms with Crippen LogP contribution in [0, 0.1) is 9.49 Å². The lowest BCUT2D eigenvalue weighted by Gasteiger charge is -2.22. The molecule has 0 N–H and O–H groups in total. The molecule has 8 heteroatoms. The van der Waals surface area contributed by atoms with Crippen LogP contribution in [0.1, 0.15) is 23.6 Å². The average molecular weight is 495 g/mol. The van der Waals surface area contributed by atoms with Crippen LogP contribution < -0.4 is 0 Å². The van der Waals surface area contributed by atoms with Gasteiger partial charge in [0, 0.05) is 16.7 Å². The van der Waals surface area contributed by atoms with Crippen LogP contribution in [0.5, 0.6) is 0 Å². The second-order valence-electron chi connectivity index (χ2n) is 6.56. The summed E-state index contributed by atoms with van der Waals surface area (Å²) in [7, 11) is -4.02. The Balaban J connectivity index is 2.06. The summed E-state index contributed by atoms with van der Waals surface area (Å²) in [6.45, 7) is 2.31. The number of halogens is 4. The van der Waals surface area contributed by atoms with Gasteiger partial charge in [-0.1, -0.05) is 25.1 Å². The fraction of sp³-hybridized carbons (Fsp3) is 0.333. The largest absolute Gasteiger partial charge is 0.416 e. The molecule has 1 heterocycles. The lowest BCUT2D eigenvalue weighted by Crippen LogP contribution is -2.33. The predicted octanol–water partition coefficient (Wildman–Crippen LogP) is 4.69. The SMILES string of the molecule is CC1Cc2ccc(C(F)(F)F)cc2S(=O)(=O)N(Cc2cccc(I)c2)C1. The number of fused-ring (bicyclic) bond motifs is 1. The van der Waals surface area contributed by atoms with Crippen molar-refractivity contribution in [1.29, 1.82) is 0 Å². The molecule has 0 bridgehead atoms. The molecule has 0 amide bonds. The zero-order valence-electron chi connectivity index (χ0n) is 13.9. The molecule has 0 saturated heterocycles. The molecule has 0 aromatic heterocycles. The molecule has 1 unspecified atom stereocenters. The van der Waals surface area contributed by atoms with Crippen molar-refractivity contribution in [2.75, 3.05) is 6.54 Å². The zero-order valence-corrected chi connectivity index (χ0v) is 16.9. The Kier molecular flexibility index (Phi) is 5.38. The normalized spacial score (nSPS) is 20.4. The second kappa shape index (κ2) is 7.12. The number of rotatable bonds is 2. The van der Waals surface area contributed by atoms with Gasteiger partial charge in [-0.15, -0.1) is 0 Å². The Morgan fingerprint density at radius 2 is 1.92 bits per heavy atom. The summed E-state index contributed by atoms with van der Waals surface area (Å²) < 4.78 is 67.7. The van der Waals surface area contributed by atoms with Gasteiger partial charge in [0.1, 0.15) is 0 Å². The van der Waals surface area contributed by atoms with E-state index >= 15 is 0 Å². The number of nitrogens with zero attached hydrogens (tertiary/aromatic N) is 1. The maximum atomic E-state index is 13.1. The minimum Gasteiger partial charge on any atom is -0.207 e. The standard InChI is InChI=1S/C18H17F3INO2S/c1-12-7-14-5-6-15(18(19,20)21)9-17(14)26(24,25)23(10-12)11-13-3-2-4-16(22)8-13/h2-6,8-9,12H,7,10-11H2,1H3. The highest BCUT2D eigenvalue weighted by Gasteiger charge is 2.36. The molecule has 140 valence electrons. The summed E-state index contributed by atoms with van der Waals surface area (Å²) in [4.78, 5) is -0.234. The molecule has 2 aromatic rings. The summed E-state index contributed by atoms with van der Waals surface area (Å²) in [5, 5.41) is 0. The maximum Gasteiger partial charge on any atom is 0.416 e. The molecule has 1 atom stereocenters. The summed E-state index contributed by atoms with van der Waals surface area (Å²) in [5.74, 6) is 0.00514. The Morgan fingerprint density at radius 1 is 1.19 bits per heavy atom. The van der Waals surface area contributed by atoms with Crippen molar-refractivity contribution in [3.8, 4) is 0 Å². The average Bonchev–Trinajstić information content (AvgIpc) is 2.61. The lowest BCUT2D eigenvalue weighted by molar-refractivity contribution is -0.137. The Labute approximate surface area is 164 Å². The molecule has 2 aromatic carbocycles. The minimum atomic E-state index is -4.58. The Bertz CT molecular complexity index is 928. The van der Waals surface area contributed by atoms with Crippen LogP contribution in [0.4, 0.5) is 13.2 Å². The summed E-state index contributed by atoms with van der Waals surface area (Å²) in [5.41, 5.74) is 0.308. The van der Waals surface area contributed by atoms with Crippen LogP contribution in [0.25, 0.3) is 0 Å². The third-order valence-corrected chi connectivity index (χ3v) is 6.91. The van der Waals surface area contributed by atoms with Gasteiger partial charge in [0.05, 0.1) is 10.5 Å². The van der Waals surface area contributed by atoms with Crippen LogP contribution in [0.15, 0.2) is 47.4 Å². The Hall–Kier alpha value is -1.13. The predicted molar refractivity (Wildman–Crippen MR) is 101 cm³/mol. The maximum absolute atomic E-state index is 13.1. The van der Waals surface area contributed by atoms with Crippen LogP contribution in [0.2, 0.25) is 0 Å². The number of alkyl halides is 3. The fourth-order valence-corrected chi connectivity index (χ4v) is 5.57. The number of benzene rings is 2. The second-order valence-corrected chi connectivity index (χ2v) is 9.71. The first-order valence-corrected chi connectivity index (χ1v) is 10.5. The van der Waals surface area contributed by atoms with Gasteiger partial charge in [-0.05, 0) is 70.3 Å². The van der Waals surface area contributed by atoms with E-state index in [0.29, 0.717) is 12.0 Å². The summed E-state index contributed by atoms with van der Waals surface area (Å²) >= 11 is 2.14. The van der Waals surface area contributed by atoms with Crippen molar-refractivity contribution in [2.24, 2.45) is 5.92 Å². The van der Waals surface area contributed by atoms with Crippen molar-refractivity contribution in [3.63, 3.8) is 0 Å². The van der Waals surface area contributed by atoms with Gasteiger partial charge in [0.2, 0.25) is 10.0 Å². The van der Waals surface area contributed by atoms with E-state index in [1.807, 2.05) is 31.2 Å². The molecule has 0 spiro atoms. The fourth-order valence-electron chi connectivity index (χ4n) is 3.15. The van der Waals surface area contributed by atoms with Gasteiger partial charge in [0.15, 0.2) is 0 Å². The van der Waals surface area contributed by atoms with E-state index in [2.05, 4.69) is 22.6 Å². The molecular weight excluding hydrogens is 478 g/mol. The summed E-state index contributed by atoms with van der Waals surface area (Å²) in [6.07, 6.45) is -4.15. The molecule has 0 aliphatic carbocycles. The van der Waals surface area contributed by atoms with E-state index in [0.717, 1.165) is 21.3 Å². The zero-order chi connectivity index (χ0) is 19.1. The van der Waals surface area contributed by atoms with Crippen LogP contribution in [-0.2, 0) is 29.2 Å². The first kappa shape index (κ1) is 19.6. The van der Waals surface area contributed by atoms with Crippen molar-refractivity contribution in [1.82, 2.24) is 4.31 Å². The topological polar surface area (TPSA) is 37.4 Å². The number of hydrogen-bond donors (Lipinski definition) is 0. The van der Waals surface area contributed by atoms with Crippen molar-refractivity contribution in [2.45, 2.75) is 31.0 Å². The molecule has 0 radical (unpaired) electrons. The Morgan fingerprint density at radius 3 is 2.58 bits per heavy atom. The smallest absolute Gasteiger partial charge is 0.207 e. The monoisotopic (exact) mass is 495 g/mol. The molecule has 0 saturated carbocycles. The molecular formula is C18H17F3INO2S. The number of sulfonamides is 1. The van der Waals surface area contributed by atoms with E-state index in [9.17, 15) is 21.6 Å². The molecule has 1 aliphatic heterocycles. The third kappa shape index (κ3) is 4.07. The van der Waals surface area contributed by atoms with Gasteiger partial charge < -0.3 is 0 Å². The molecule has 0 fully saturated rings. The molecule has 3 rings (SSSR count). The van der Waals surface area contributed by atoms with Crippen molar-refractivity contribution < 1.29 is 21.6 Å². The molecule has 1 aliphatic rings. The van der Waals surface area contributed by atoms with Gasteiger partial charge in [-0.2, -0.15) is 17.5 Å². The van der Waals surface area contributed by atoms with E-state index < -0.39 is 21.8 Å². The highest BCUT2D eigenvalue weighted by molar-refractivity contribution is 14.1. The number of hydrogen-bond acceptors (Lipinski definition) is 2. The van der Waals surface area contributed by atoms with Crippen LogP contribution in [0.3, 0.4) is 0 Å². The first-order chi connectivity index (χ1) is 12.1. The lowest BCUT2D eigenvalue weighted by atomic mass is 10.00. The van der Waals surface area contributed by atoms with Crippen LogP contribution >= 0.6 is 22.6 Å². The van der Waals surface area contributed by atoms with E-state index in [4.69, 9.17) is 0 Å². The van der Waals surface area contributed by atoms with E-state index in [-0.39, 0.29) is 23.9 Å². The quantitative estimate of drug-likeness (QED) is 0.567. The van der Waals surface area contributed by atoms with Gasteiger partial charge in [-0.25, -0.2) is 8.42 Å². The van der Waals surface area contributed by atoms with Gasteiger partial charge in [-0.3, -0.25) is 0 Å². The van der Waals surface area contributed by atoms with E-state index in [1.54, 1.807) is 0 Å². The van der Waals surface area contributed by atoms with E-state index in [1.165, 1.54) is 10.4 Å². The molecule has 3 nitrogen and oxygen atoms in total.